The zero-order chi connectivity index (χ0) is 4.83. The Hall–Kier alpha value is 1.21. The summed E-state index contributed by atoms with van der Waals surface area (Å²) in [5.41, 5.74) is 0. The Balaban J connectivity index is -0.000000125. The van der Waals surface area contributed by atoms with Gasteiger partial charge >= 0.3 is 23.1 Å². The maximum absolute atomic E-state index is 9.69. The molecule has 0 spiro atoms. The third-order valence-electron chi connectivity index (χ3n) is 0.748. The Kier molecular flexibility index (Phi) is 31.6. The smallest absolute Gasteiger partial charge is 1.00 e. The van der Waals surface area contributed by atoms with E-state index < -0.39 is 0 Å². The number of halogens is 1. The van der Waals surface area contributed by atoms with E-state index in [1.165, 1.54) is 0 Å². The molecular formula is C5H11BrMgO. The maximum Gasteiger partial charge on any atom is 2.00 e. The molecule has 8 heavy (non-hydrogen) atoms. The van der Waals surface area contributed by atoms with Crippen molar-refractivity contribution in [2.75, 3.05) is 6.61 Å². The molecule has 0 amide bonds. The minimum Gasteiger partial charge on any atom is -1.00 e. The van der Waals surface area contributed by atoms with Crippen LogP contribution in [0.2, 0.25) is 0 Å². The third kappa shape index (κ3) is 15.7. The van der Waals surface area contributed by atoms with Crippen molar-refractivity contribution in [3.63, 3.8) is 0 Å². The Morgan fingerprint density at radius 3 is 1.88 bits per heavy atom. The summed E-state index contributed by atoms with van der Waals surface area (Å²) in [5.74, 6) is 0. The molecule has 0 fully saturated rings. The summed E-state index contributed by atoms with van der Waals surface area (Å²) in [6.07, 6.45) is 3.11. The van der Waals surface area contributed by atoms with Crippen LogP contribution in [0, 0.1) is 0 Å². The molecule has 0 bridgehead atoms. The molecule has 0 radical (unpaired) electrons. The van der Waals surface area contributed by atoms with Crippen molar-refractivity contribution in [3.05, 3.63) is 0 Å². The van der Waals surface area contributed by atoms with Crippen molar-refractivity contribution in [3.8, 4) is 0 Å². The normalized spacial score (nSPS) is 6.75. The molecule has 0 atom stereocenters. The fourth-order valence-electron chi connectivity index (χ4n) is 0.352. The summed E-state index contributed by atoms with van der Waals surface area (Å²) in [5, 5.41) is 9.69. The monoisotopic (exact) mass is 190 g/mol. The Morgan fingerprint density at radius 1 is 1.25 bits per heavy atom. The van der Waals surface area contributed by atoms with Crippen molar-refractivity contribution < 1.29 is 22.1 Å². The van der Waals surface area contributed by atoms with E-state index in [4.69, 9.17) is 0 Å². The van der Waals surface area contributed by atoms with E-state index in [-0.39, 0.29) is 46.6 Å². The molecule has 0 rings (SSSR count). The molecule has 0 heterocycles. The van der Waals surface area contributed by atoms with Gasteiger partial charge in [0.05, 0.1) is 0 Å². The van der Waals surface area contributed by atoms with Gasteiger partial charge < -0.3 is 22.1 Å². The van der Waals surface area contributed by atoms with Crippen molar-refractivity contribution in [2.24, 2.45) is 0 Å². The van der Waals surface area contributed by atoms with E-state index in [0.29, 0.717) is 0 Å². The fraction of sp³-hybridized carbons (Fsp3) is 1.00. The van der Waals surface area contributed by atoms with Gasteiger partial charge in [0.25, 0.3) is 0 Å². The van der Waals surface area contributed by atoms with Crippen LogP contribution in [0.3, 0.4) is 0 Å². The van der Waals surface area contributed by atoms with Gasteiger partial charge in [0.2, 0.25) is 0 Å². The zero-order valence-corrected chi connectivity index (χ0v) is 8.32. The van der Waals surface area contributed by atoms with Gasteiger partial charge in [-0.1, -0.05) is 26.2 Å². The summed E-state index contributed by atoms with van der Waals surface area (Å²) in [6.45, 7) is 2.20. The van der Waals surface area contributed by atoms with Gasteiger partial charge in [-0.05, 0) is 0 Å². The van der Waals surface area contributed by atoms with Gasteiger partial charge in [-0.2, -0.15) is 0 Å². The Bertz CT molecular complexity index is 24.4. The molecule has 3 heteroatoms. The summed E-state index contributed by atoms with van der Waals surface area (Å²) in [4.78, 5) is 0. The standard InChI is InChI=1S/C5H11O.BrH.Mg/c1-2-3-4-5-6;;/h2-5H2,1H3;1H;/q-1;;+2/p-1. The van der Waals surface area contributed by atoms with Gasteiger partial charge in [-0.25, -0.2) is 0 Å². The summed E-state index contributed by atoms with van der Waals surface area (Å²) in [7, 11) is 0. The number of hydrogen-bond acceptors (Lipinski definition) is 1. The van der Waals surface area contributed by atoms with E-state index in [2.05, 4.69) is 6.92 Å². The van der Waals surface area contributed by atoms with Crippen LogP contribution < -0.4 is 22.1 Å². The van der Waals surface area contributed by atoms with Crippen LogP contribution in [0.5, 0.6) is 0 Å². The average Bonchev–Trinajstić information content (AvgIpc) is 1.61. The van der Waals surface area contributed by atoms with Crippen molar-refractivity contribution in [1.29, 1.82) is 0 Å². The van der Waals surface area contributed by atoms with Crippen molar-refractivity contribution in [2.45, 2.75) is 26.2 Å². The first-order chi connectivity index (χ1) is 2.91. The van der Waals surface area contributed by atoms with Crippen LogP contribution in [0.15, 0.2) is 0 Å². The molecule has 0 aromatic carbocycles. The quantitative estimate of drug-likeness (QED) is 0.348. The topological polar surface area (TPSA) is 23.1 Å². The summed E-state index contributed by atoms with van der Waals surface area (Å²) < 4.78 is 0. The van der Waals surface area contributed by atoms with E-state index in [1.54, 1.807) is 0 Å². The van der Waals surface area contributed by atoms with E-state index in [9.17, 15) is 5.11 Å². The van der Waals surface area contributed by atoms with Crippen LogP contribution >= 0.6 is 0 Å². The first-order valence-electron chi connectivity index (χ1n) is 2.50. The second-order valence-electron chi connectivity index (χ2n) is 1.41. The van der Waals surface area contributed by atoms with E-state index >= 15 is 0 Å². The predicted octanol–water partition coefficient (Wildman–Crippen LogP) is -2.84. The molecular weight excluding hydrogens is 180 g/mol. The van der Waals surface area contributed by atoms with Gasteiger partial charge in [-0.3, -0.25) is 0 Å². The van der Waals surface area contributed by atoms with Gasteiger partial charge in [0, 0.05) is 0 Å². The number of unbranched alkanes of at least 4 members (excludes halogenated alkanes) is 2. The molecule has 46 valence electrons. The van der Waals surface area contributed by atoms with Crippen LogP contribution in [0.4, 0.5) is 0 Å². The van der Waals surface area contributed by atoms with Crippen LogP contribution in [0.25, 0.3) is 0 Å². The van der Waals surface area contributed by atoms with Gasteiger partial charge in [-0.15, -0.1) is 6.61 Å². The first kappa shape index (κ1) is 16.1. The van der Waals surface area contributed by atoms with Gasteiger partial charge in [0.15, 0.2) is 0 Å². The molecule has 1 nitrogen and oxygen atoms in total. The average molecular weight is 191 g/mol. The zero-order valence-electron chi connectivity index (χ0n) is 5.32. The Morgan fingerprint density at radius 2 is 1.75 bits per heavy atom. The number of hydrogen-bond donors (Lipinski definition) is 0. The molecule has 0 N–H and O–H groups in total. The molecule has 0 aromatic rings. The maximum atomic E-state index is 9.69. The molecule has 0 unspecified atom stereocenters. The molecule has 0 saturated heterocycles. The van der Waals surface area contributed by atoms with Crippen molar-refractivity contribution >= 4 is 23.1 Å². The second kappa shape index (κ2) is 15.7. The van der Waals surface area contributed by atoms with Crippen LogP contribution in [0.1, 0.15) is 26.2 Å². The Labute approximate surface area is 77.8 Å². The molecule has 0 aliphatic heterocycles. The SMILES string of the molecule is CCCCC[O-].[Br-].[Mg+2]. The number of rotatable bonds is 3. The minimum absolute atomic E-state index is 0. The third-order valence-corrected chi connectivity index (χ3v) is 0.748. The molecule has 0 aliphatic carbocycles. The van der Waals surface area contributed by atoms with E-state index in [0.717, 1.165) is 19.3 Å². The van der Waals surface area contributed by atoms with E-state index in [1.807, 2.05) is 0 Å². The summed E-state index contributed by atoms with van der Waals surface area (Å²) in [6, 6.07) is 0. The largest absolute Gasteiger partial charge is 2.00 e. The molecule has 0 aliphatic rings. The van der Waals surface area contributed by atoms with Crippen LogP contribution in [-0.4, -0.2) is 29.7 Å². The van der Waals surface area contributed by atoms with Gasteiger partial charge in [0.1, 0.15) is 0 Å². The fourth-order valence-corrected chi connectivity index (χ4v) is 0.352. The van der Waals surface area contributed by atoms with Crippen molar-refractivity contribution in [1.82, 2.24) is 0 Å². The summed E-state index contributed by atoms with van der Waals surface area (Å²) >= 11 is 0. The minimum atomic E-state index is 0. The predicted molar refractivity (Wildman–Crippen MR) is 30.1 cm³/mol. The molecule has 0 aromatic heterocycles. The second-order valence-corrected chi connectivity index (χ2v) is 1.41. The molecule has 0 saturated carbocycles. The van der Waals surface area contributed by atoms with Crippen LogP contribution in [-0.2, 0) is 0 Å². The first-order valence-corrected chi connectivity index (χ1v) is 2.50.